The summed E-state index contributed by atoms with van der Waals surface area (Å²) >= 11 is 1.52. The van der Waals surface area contributed by atoms with Crippen molar-refractivity contribution in [2.24, 2.45) is 0 Å². The van der Waals surface area contributed by atoms with Crippen LogP contribution in [0.15, 0.2) is 64.5 Å². The molecule has 0 unspecified atom stereocenters. The predicted octanol–water partition coefficient (Wildman–Crippen LogP) is 4.56. The lowest BCUT2D eigenvalue weighted by Gasteiger charge is -2.34. The second-order valence-corrected chi connectivity index (χ2v) is 9.38. The van der Waals surface area contributed by atoms with Crippen molar-refractivity contribution in [1.29, 1.82) is 0 Å². The number of piperazine rings is 1. The average molecular weight is 474 g/mol. The molecule has 1 saturated heterocycles. The summed E-state index contributed by atoms with van der Waals surface area (Å²) < 4.78 is 5.43. The predicted molar refractivity (Wildman–Crippen MR) is 133 cm³/mol. The number of nitrogens with zero attached hydrogens (tertiary/aromatic N) is 5. The Hall–Kier alpha value is -3.36. The molecule has 174 valence electrons. The number of hydrogen-bond donors (Lipinski definition) is 0. The summed E-state index contributed by atoms with van der Waals surface area (Å²) in [6.45, 7) is 6.16. The maximum Gasteiger partial charge on any atom is 0.273 e. The molecular weight excluding hydrogens is 446 g/mol. The van der Waals surface area contributed by atoms with Crippen LogP contribution in [0.5, 0.6) is 0 Å². The van der Waals surface area contributed by atoms with E-state index in [9.17, 15) is 4.79 Å². The first-order chi connectivity index (χ1) is 16.7. The number of rotatable bonds is 7. The van der Waals surface area contributed by atoms with Gasteiger partial charge in [-0.3, -0.25) is 9.69 Å². The highest BCUT2D eigenvalue weighted by Gasteiger charge is 2.24. The van der Waals surface area contributed by atoms with Crippen molar-refractivity contribution >= 4 is 17.2 Å². The van der Waals surface area contributed by atoms with Gasteiger partial charge in [-0.15, -0.1) is 11.3 Å². The topological polar surface area (TPSA) is 75.4 Å². The van der Waals surface area contributed by atoms with E-state index in [1.807, 2.05) is 64.9 Å². The van der Waals surface area contributed by atoms with Gasteiger partial charge in [0.15, 0.2) is 0 Å². The molecule has 0 N–H and O–H groups in total. The van der Waals surface area contributed by atoms with Gasteiger partial charge in [0.25, 0.3) is 5.91 Å². The molecule has 2 aromatic carbocycles. The minimum atomic E-state index is 0.0209. The third kappa shape index (κ3) is 5.24. The molecule has 0 spiro atoms. The van der Waals surface area contributed by atoms with E-state index >= 15 is 0 Å². The van der Waals surface area contributed by atoms with E-state index in [2.05, 4.69) is 26.9 Å². The fourth-order valence-electron chi connectivity index (χ4n) is 4.05. The Morgan fingerprint density at radius 2 is 1.74 bits per heavy atom. The molecule has 1 fully saturated rings. The van der Waals surface area contributed by atoms with Crippen molar-refractivity contribution in [2.45, 2.75) is 19.8 Å². The van der Waals surface area contributed by atoms with Crippen LogP contribution in [0, 0.1) is 6.92 Å². The van der Waals surface area contributed by atoms with Crippen molar-refractivity contribution in [3.63, 3.8) is 0 Å². The van der Waals surface area contributed by atoms with Crippen LogP contribution in [0.2, 0.25) is 0 Å². The van der Waals surface area contributed by atoms with Crippen LogP contribution in [-0.4, -0.2) is 63.6 Å². The Morgan fingerprint density at radius 1 is 0.971 bits per heavy atom. The minimum Gasteiger partial charge on any atom is -0.339 e. The first kappa shape index (κ1) is 22.4. The summed E-state index contributed by atoms with van der Waals surface area (Å²) in [7, 11) is 0. The maximum absolute atomic E-state index is 12.9. The Bertz CT molecular complexity index is 1230. The van der Waals surface area contributed by atoms with Crippen LogP contribution in [0.4, 0.5) is 0 Å². The normalized spacial score (nSPS) is 14.4. The molecule has 1 aliphatic rings. The van der Waals surface area contributed by atoms with Gasteiger partial charge in [-0.2, -0.15) is 4.98 Å². The van der Waals surface area contributed by atoms with E-state index < -0.39 is 0 Å². The number of amides is 1. The average Bonchev–Trinajstić information content (AvgIpc) is 3.56. The maximum atomic E-state index is 12.9. The summed E-state index contributed by atoms with van der Waals surface area (Å²) in [4.78, 5) is 26.3. The molecule has 7 nitrogen and oxygen atoms in total. The number of benzene rings is 2. The van der Waals surface area contributed by atoms with Gasteiger partial charge in [-0.25, -0.2) is 4.98 Å². The van der Waals surface area contributed by atoms with Crippen molar-refractivity contribution in [3.8, 4) is 22.0 Å². The zero-order valence-corrected chi connectivity index (χ0v) is 20.0. The molecule has 2 aromatic heterocycles. The quantitative estimate of drug-likeness (QED) is 0.392. The largest absolute Gasteiger partial charge is 0.339 e. The van der Waals surface area contributed by atoms with E-state index in [-0.39, 0.29) is 5.91 Å². The van der Waals surface area contributed by atoms with Gasteiger partial charge in [0.1, 0.15) is 10.7 Å². The molecule has 4 aromatic rings. The molecule has 0 atom stereocenters. The molecule has 0 aliphatic carbocycles. The van der Waals surface area contributed by atoms with Crippen LogP contribution < -0.4 is 0 Å². The van der Waals surface area contributed by atoms with E-state index in [0.29, 0.717) is 17.4 Å². The Morgan fingerprint density at radius 3 is 2.50 bits per heavy atom. The molecule has 8 heteroatoms. The standard InChI is InChI=1S/C26H27N5O2S/c1-19-9-11-20(12-10-19)24-28-23(33-29-24)8-5-13-30-14-16-31(17-15-30)26(32)22-18-34-25(27-22)21-6-3-2-4-7-21/h2-4,6-7,9-12,18H,5,8,13-17H2,1H3. The van der Waals surface area contributed by atoms with Crippen LogP contribution in [0.1, 0.15) is 28.4 Å². The van der Waals surface area contributed by atoms with Crippen molar-refractivity contribution in [1.82, 2.24) is 24.9 Å². The zero-order valence-electron chi connectivity index (χ0n) is 19.2. The van der Waals surface area contributed by atoms with Gasteiger partial charge in [0.05, 0.1) is 0 Å². The third-order valence-corrected chi connectivity index (χ3v) is 6.94. The van der Waals surface area contributed by atoms with Crippen LogP contribution >= 0.6 is 11.3 Å². The molecule has 5 rings (SSSR count). The second kappa shape index (κ2) is 10.3. The molecule has 34 heavy (non-hydrogen) atoms. The fraction of sp³-hybridized carbons (Fsp3) is 0.308. The van der Waals surface area contributed by atoms with Crippen molar-refractivity contribution in [2.75, 3.05) is 32.7 Å². The van der Waals surface area contributed by atoms with Gasteiger partial charge in [0, 0.05) is 49.1 Å². The number of thiazole rings is 1. The fourth-order valence-corrected chi connectivity index (χ4v) is 4.85. The summed E-state index contributed by atoms with van der Waals surface area (Å²) in [5.41, 5.74) is 3.76. The molecular formula is C26H27N5O2S. The number of hydrogen-bond acceptors (Lipinski definition) is 7. The van der Waals surface area contributed by atoms with E-state index in [1.165, 1.54) is 16.9 Å². The number of carbonyl (C=O) groups excluding carboxylic acids is 1. The van der Waals surface area contributed by atoms with E-state index in [0.717, 1.165) is 61.7 Å². The number of carbonyl (C=O) groups is 1. The van der Waals surface area contributed by atoms with Crippen molar-refractivity contribution < 1.29 is 9.32 Å². The molecule has 0 radical (unpaired) electrons. The Labute approximate surface area is 203 Å². The smallest absolute Gasteiger partial charge is 0.273 e. The van der Waals surface area contributed by atoms with Gasteiger partial charge in [-0.05, 0) is 19.9 Å². The van der Waals surface area contributed by atoms with Gasteiger partial charge < -0.3 is 9.42 Å². The lowest BCUT2D eigenvalue weighted by Crippen LogP contribution is -2.49. The van der Waals surface area contributed by atoms with Crippen LogP contribution in [-0.2, 0) is 6.42 Å². The van der Waals surface area contributed by atoms with Crippen molar-refractivity contribution in [3.05, 3.63) is 77.1 Å². The van der Waals surface area contributed by atoms with Crippen LogP contribution in [0.3, 0.4) is 0 Å². The van der Waals surface area contributed by atoms with E-state index in [1.54, 1.807) is 0 Å². The molecule has 1 amide bonds. The summed E-state index contributed by atoms with van der Waals surface area (Å²) in [5, 5.41) is 6.86. The van der Waals surface area contributed by atoms with Gasteiger partial charge in [0.2, 0.25) is 11.7 Å². The molecule has 0 saturated carbocycles. The molecule has 1 aliphatic heterocycles. The van der Waals surface area contributed by atoms with Gasteiger partial charge in [-0.1, -0.05) is 65.3 Å². The zero-order chi connectivity index (χ0) is 23.3. The number of aromatic nitrogens is 3. The highest BCUT2D eigenvalue weighted by Crippen LogP contribution is 2.24. The van der Waals surface area contributed by atoms with E-state index in [4.69, 9.17) is 4.52 Å². The van der Waals surface area contributed by atoms with Gasteiger partial charge >= 0.3 is 0 Å². The monoisotopic (exact) mass is 473 g/mol. The lowest BCUT2D eigenvalue weighted by atomic mass is 10.1. The minimum absolute atomic E-state index is 0.0209. The second-order valence-electron chi connectivity index (χ2n) is 8.52. The van der Waals surface area contributed by atoms with Crippen LogP contribution in [0.25, 0.3) is 22.0 Å². The lowest BCUT2D eigenvalue weighted by molar-refractivity contribution is 0.0630. The Balaban J connectivity index is 1.07. The highest BCUT2D eigenvalue weighted by molar-refractivity contribution is 7.13. The first-order valence-electron chi connectivity index (χ1n) is 11.6. The molecule has 3 heterocycles. The summed E-state index contributed by atoms with van der Waals surface area (Å²) in [6, 6.07) is 18.1. The molecule has 0 bridgehead atoms. The first-order valence-corrected chi connectivity index (χ1v) is 12.5. The third-order valence-electron chi connectivity index (χ3n) is 6.05. The highest BCUT2D eigenvalue weighted by atomic mass is 32.1. The SMILES string of the molecule is Cc1ccc(-c2noc(CCCN3CCN(C(=O)c4csc(-c5ccccc5)n4)CC3)n2)cc1. The number of aryl methyl sites for hydroxylation is 2. The summed E-state index contributed by atoms with van der Waals surface area (Å²) in [6.07, 6.45) is 1.69. The summed E-state index contributed by atoms with van der Waals surface area (Å²) in [5.74, 6) is 1.33. The Kier molecular flexibility index (Phi) is 6.78.